The Balaban J connectivity index is 2.86. The number of carboxylic acid groups (broad SMARTS) is 1. The second-order valence-corrected chi connectivity index (χ2v) is 4.24. The van der Waals surface area contributed by atoms with Crippen LogP contribution < -0.4 is 11.1 Å². The third-order valence-electron chi connectivity index (χ3n) is 1.97. The molecule has 0 saturated carbocycles. The van der Waals surface area contributed by atoms with Gasteiger partial charge >= 0.3 is 5.97 Å². The lowest BCUT2D eigenvalue weighted by Gasteiger charge is -2.12. The molecule has 0 fully saturated rings. The van der Waals surface area contributed by atoms with Crippen molar-refractivity contribution in [2.24, 2.45) is 0 Å². The van der Waals surface area contributed by atoms with Crippen molar-refractivity contribution in [3.05, 3.63) is 28.2 Å². The van der Waals surface area contributed by atoms with Gasteiger partial charge in [0.05, 0.1) is 6.61 Å². The van der Waals surface area contributed by atoms with Gasteiger partial charge in [0.15, 0.2) is 6.04 Å². The van der Waals surface area contributed by atoms with Gasteiger partial charge in [-0.3, -0.25) is 4.79 Å². The monoisotopic (exact) mass is 302 g/mol. The van der Waals surface area contributed by atoms with E-state index in [1.807, 2.05) is 0 Å². The van der Waals surface area contributed by atoms with Crippen molar-refractivity contribution in [2.75, 3.05) is 12.3 Å². The maximum Gasteiger partial charge on any atom is 0.328 e. The number of amides is 1. The highest BCUT2D eigenvalue weighted by Gasteiger charge is 2.19. The van der Waals surface area contributed by atoms with Crippen molar-refractivity contribution in [1.82, 2.24) is 5.32 Å². The van der Waals surface area contributed by atoms with Gasteiger partial charge in [0, 0.05) is 15.7 Å². The van der Waals surface area contributed by atoms with Crippen molar-refractivity contribution < 1.29 is 19.8 Å². The number of halogens is 1. The first-order valence-electron chi connectivity index (χ1n) is 4.64. The first-order chi connectivity index (χ1) is 7.93. The lowest BCUT2D eigenvalue weighted by molar-refractivity contribution is -0.140. The molecule has 17 heavy (non-hydrogen) atoms. The molecule has 6 nitrogen and oxygen atoms in total. The van der Waals surface area contributed by atoms with E-state index in [4.69, 9.17) is 15.9 Å². The molecule has 1 rings (SSSR count). The van der Waals surface area contributed by atoms with E-state index >= 15 is 0 Å². The number of nitrogens with one attached hydrogen (secondary N) is 1. The summed E-state index contributed by atoms with van der Waals surface area (Å²) in [6.07, 6.45) is 0. The summed E-state index contributed by atoms with van der Waals surface area (Å²) in [5.74, 6) is -1.91. The fourth-order valence-corrected chi connectivity index (χ4v) is 1.68. The fraction of sp³-hybridized carbons (Fsp3) is 0.200. The molecular weight excluding hydrogens is 292 g/mol. The normalized spacial score (nSPS) is 11.9. The van der Waals surface area contributed by atoms with Crippen molar-refractivity contribution in [3.63, 3.8) is 0 Å². The molecule has 1 aromatic rings. The lowest BCUT2D eigenvalue weighted by atomic mass is 10.2. The Morgan fingerprint density at radius 3 is 2.53 bits per heavy atom. The highest BCUT2D eigenvalue weighted by atomic mass is 79.9. The van der Waals surface area contributed by atoms with Gasteiger partial charge in [0.2, 0.25) is 0 Å². The van der Waals surface area contributed by atoms with E-state index in [2.05, 4.69) is 21.2 Å². The van der Waals surface area contributed by atoms with Gasteiger partial charge in [0.1, 0.15) is 0 Å². The third-order valence-corrected chi connectivity index (χ3v) is 2.43. The first kappa shape index (κ1) is 13.5. The molecule has 0 aromatic heterocycles. The van der Waals surface area contributed by atoms with Crippen LogP contribution in [-0.2, 0) is 4.79 Å². The number of aliphatic hydroxyl groups excluding tert-OH is 1. The zero-order valence-electron chi connectivity index (χ0n) is 8.68. The van der Waals surface area contributed by atoms with E-state index in [0.717, 1.165) is 0 Å². The molecule has 5 N–H and O–H groups in total. The van der Waals surface area contributed by atoms with Crippen LogP contribution in [0.25, 0.3) is 0 Å². The largest absolute Gasteiger partial charge is 0.480 e. The number of carbonyl (C=O) groups is 2. The quantitative estimate of drug-likeness (QED) is 0.594. The zero-order valence-corrected chi connectivity index (χ0v) is 10.3. The maximum atomic E-state index is 11.7. The number of hydrogen-bond donors (Lipinski definition) is 4. The van der Waals surface area contributed by atoms with Gasteiger partial charge in [-0.15, -0.1) is 0 Å². The van der Waals surface area contributed by atoms with Gasteiger partial charge in [-0.2, -0.15) is 0 Å². The summed E-state index contributed by atoms with van der Waals surface area (Å²) in [6, 6.07) is 3.19. The minimum Gasteiger partial charge on any atom is -0.480 e. The molecule has 0 aliphatic carbocycles. The maximum absolute atomic E-state index is 11.7. The standard InChI is InChI=1S/C10H11BrN2O4/c11-6-1-5(2-7(12)3-6)9(15)13-8(4-14)10(16)17/h1-3,8,14H,4,12H2,(H,13,15)(H,16,17)/t8-/m0/s1. The molecule has 0 aliphatic rings. The predicted octanol–water partition coefficient (Wildman–Crippen LogP) is 0.207. The fourth-order valence-electron chi connectivity index (χ4n) is 1.17. The van der Waals surface area contributed by atoms with E-state index in [0.29, 0.717) is 10.2 Å². The first-order valence-corrected chi connectivity index (χ1v) is 5.44. The minimum absolute atomic E-state index is 0.219. The number of hydrogen-bond acceptors (Lipinski definition) is 4. The Kier molecular flexibility index (Phi) is 4.47. The summed E-state index contributed by atoms with van der Waals surface area (Å²) in [5.41, 5.74) is 6.14. The summed E-state index contributed by atoms with van der Waals surface area (Å²) in [4.78, 5) is 22.3. The molecule has 7 heteroatoms. The smallest absolute Gasteiger partial charge is 0.328 e. The van der Waals surface area contributed by atoms with Gasteiger partial charge in [-0.25, -0.2) is 4.79 Å². The van der Waals surface area contributed by atoms with E-state index in [-0.39, 0.29) is 5.56 Å². The molecular formula is C10H11BrN2O4. The SMILES string of the molecule is Nc1cc(Br)cc(C(=O)N[C@@H](CO)C(=O)O)c1. The average Bonchev–Trinajstić information content (AvgIpc) is 2.23. The number of aliphatic carboxylic acids is 1. The molecule has 1 atom stereocenters. The molecule has 0 radical (unpaired) electrons. The van der Waals surface area contributed by atoms with Crippen molar-refractivity contribution in [1.29, 1.82) is 0 Å². The van der Waals surface area contributed by atoms with E-state index in [9.17, 15) is 9.59 Å². The number of benzene rings is 1. The van der Waals surface area contributed by atoms with Crippen LogP contribution in [0, 0.1) is 0 Å². The van der Waals surface area contributed by atoms with E-state index < -0.39 is 24.5 Å². The van der Waals surface area contributed by atoms with Crippen LogP contribution in [0.4, 0.5) is 5.69 Å². The lowest BCUT2D eigenvalue weighted by Crippen LogP contribution is -2.43. The van der Waals surface area contributed by atoms with Crippen LogP contribution in [0.15, 0.2) is 22.7 Å². The van der Waals surface area contributed by atoms with Crippen molar-refractivity contribution >= 4 is 33.5 Å². The van der Waals surface area contributed by atoms with Crippen LogP contribution >= 0.6 is 15.9 Å². The molecule has 0 spiro atoms. The Labute approximate surface area is 106 Å². The highest BCUT2D eigenvalue weighted by molar-refractivity contribution is 9.10. The number of anilines is 1. The summed E-state index contributed by atoms with van der Waals surface area (Å²) in [6.45, 7) is -0.676. The Morgan fingerprint density at radius 2 is 2.06 bits per heavy atom. The highest BCUT2D eigenvalue weighted by Crippen LogP contribution is 2.17. The zero-order chi connectivity index (χ0) is 13.0. The van der Waals surface area contributed by atoms with Gasteiger partial charge in [0.25, 0.3) is 5.91 Å². The van der Waals surface area contributed by atoms with Crippen LogP contribution in [-0.4, -0.2) is 34.7 Å². The minimum atomic E-state index is -1.33. The van der Waals surface area contributed by atoms with Crippen LogP contribution in [0.1, 0.15) is 10.4 Å². The third kappa shape index (κ3) is 3.72. The molecule has 0 heterocycles. The van der Waals surface area contributed by atoms with E-state index in [1.165, 1.54) is 12.1 Å². The number of nitrogens with two attached hydrogens (primary N) is 1. The Hall–Kier alpha value is -1.60. The second-order valence-electron chi connectivity index (χ2n) is 3.32. The number of carbonyl (C=O) groups excluding carboxylic acids is 1. The number of carboxylic acids is 1. The Bertz CT molecular complexity index is 430. The topological polar surface area (TPSA) is 113 Å². The molecule has 0 bridgehead atoms. The number of rotatable bonds is 4. The molecule has 92 valence electrons. The molecule has 0 aliphatic heterocycles. The second kappa shape index (κ2) is 5.65. The van der Waals surface area contributed by atoms with Crippen LogP contribution in [0.5, 0.6) is 0 Å². The molecule has 1 aromatic carbocycles. The summed E-state index contributed by atoms with van der Waals surface area (Å²) in [5, 5.41) is 19.6. The van der Waals surface area contributed by atoms with Crippen molar-refractivity contribution in [3.8, 4) is 0 Å². The number of nitrogen functional groups attached to an aromatic ring is 1. The van der Waals surface area contributed by atoms with Crippen LogP contribution in [0.3, 0.4) is 0 Å². The van der Waals surface area contributed by atoms with Crippen LogP contribution in [0.2, 0.25) is 0 Å². The summed E-state index contributed by atoms with van der Waals surface area (Å²) >= 11 is 3.17. The van der Waals surface area contributed by atoms with Gasteiger partial charge < -0.3 is 21.3 Å². The van der Waals surface area contributed by atoms with Gasteiger partial charge in [-0.05, 0) is 18.2 Å². The predicted molar refractivity (Wildman–Crippen MR) is 64.5 cm³/mol. The van der Waals surface area contributed by atoms with Gasteiger partial charge in [-0.1, -0.05) is 15.9 Å². The number of aliphatic hydroxyl groups is 1. The summed E-state index contributed by atoms with van der Waals surface area (Å²) in [7, 11) is 0. The molecule has 0 saturated heterocycles. The van der Waals surface area contributed by atoms with Crippen molar-refractivity contribution in [2.45, 2.75) is 6.04 Å². The van der Waals surface area contributed by atoms with E-state index in [1.54, 1.807) is 6.07 Å². The Morgan fingerprint density at radius 1 is 1.41 bits per heavy atom. The molecule has 1 amide bonds. The molecule has 0 unspecified atom stereocenters. The average molecular weight is 303 g/mol. The summed E-state index contributed by atoms with van der Waals surface area (Å²) < 4.78 is 0.610.